The fourth-order valence-electron chi connectivity index (χ4n) is 1.73. The van der Waals surface area contributed by atoms with Crippen LogP contribution in [0.5, 0.6) is 0 Å². The number of anilines is 1. The molecule has 1 aromatic carbocycles. The smallest absolute Gasteiger partial charge is 0.293 e. The maximum absolute atomic E-state index is 11.5. The van der Waals surface area contributed by atoms with Crippen LogP contribution in [0.1, 0.15) is 16.2 Å². The number of benzene rings is 1. The zero-order chi connectivity index (χ0) is 15.2. The highest BCUT2D eigenvalue weighted by Crippen LogP contribution is 2.25. The maximum Gasteiger partial charge on any atom is 0.293 e. The summed E-state index contributed by atoms with van der Waals surface area (Å²) in [6, 6.07) is 4.25. The second kappa shape index (κ2) is 6.46. The van der Waals surface area contributed by atoms with E-state index in [-0.39, 0.29) is 17.2 Å². The predicted octanol–water partition coefficient (Wildman–Crippen LogP) is 0.992. The van der Waals surface area contributed by atoms with Gasteiger partial charge in [0.15, 0.2) is 5.82 Å². The molecule has 0 bridgehead atoms. The molecule has 0 atom stereocenters. The summed E-state index contributed by atoms with van der Waals surface area (Å²) in [6.45, 7) is 0.402. The average molecular weight is 291 g/mol. The molecule has 0 unspecified atom stereocenters. The molecule has 1 amide bonds. The zero-order valence-corrected chi connectivity index (χ0v) is 11.2. The lowest BCUT2D eigenvalue weighted by Gasteiger charge is -2.07. The molecule has 2 aromatic rings. The SMILES string of the molecule is CNC(=O)c1ccc(NCCc2ncon2)c([N+](=O)[O-])c1. The maximum atomic E-state index is 11.5. The van der Waals surface area contributed by atoms with E-state index >= 15 is 0 Å². The van der Waals surface area contributed by atoms with Gasteiger partial charge < -0.3 is 15.2 Å². The highest BCUT2D eigenvalue weighted by Gasteiger charge is 2.17. The minimum atomic E-state index is -0.539. The van der Waals surface area contributed by atoms with Crippen LogP contribution < -0.4 is 10.6 Å². The van der Waals surface area contributed by atoms with Crippen molar-refractivity contribution in [3.05, 3.63) is 46.1 Å². The first-order chi connectivity index (χ1) is 10.1. The van der Waals surface area contributed by atoms with Crippen molar-refractivity contribution in [1.82, 2.24) is 15.5 Å². The monoisotopic (exact) mass is 291 g/mol. The molecule has 0 saturated heterocycles. The van der Waals surface area contributed by atoms with Crippen molar-refractivity contribution < 1.29 is 14.2 Å². The molecule has 0 aliphatic carbocycles. The van der Waals surface area contributed by atoms with E-state index in [1.54, 1.807) is 0 Å². The third-order valence-corrected chi connectivity index (χ3v) is 2.75. The first-order valence-corrected chi connectivity index (χ1v) is 6.11. The van der Waals surface area contributed by atoms with Crippen LogP contribution in [0.15, 0.2) is 29.1 Å². The van der Waals surface area contributed by atoms with Gasteiger partial charge in [-0.15, -0.1) is 0 Å². The Hall–Kier alpha value is -2.97. The van der Waals surface area contributed by atoms with Crippen LogP contribution in [0.4, 0.5) is 11.4 Å². The number of nitro groups is 1. The summed E-state index contributed by atoms with van der Waals surface area (Å²) in [5.74, 6) is 0.128. The molecule has 21 heavy (non-hydrogen) atoms. The first kappa shape index (κ1) is 14.4. The molecule has 9 nitrogen and oxygen atoms in total. The van der Waals surface area contributed by atoms with Gasteiger partial charge in [0.1, 0.15) is 5.69 Å². The van der Waals surface area contributed by atoms with E-state index in [4.69, 9.17) is 0 Å². The summed E-state index contributed by atoms with van der Waals surface area (Å²) in [7, 11) is 1.46. The molecule has 1 aromatic heterocycles. The molecule has 9 heteroatoms. The highest BCUT2D eigenvalue weighted by atomic mass is 16.6. The number of nitrogens with zero attached hydrogens (tertiary/aromatic N) is 3. The van der Waals surface area contributed by atoms with Crippen LogP contribution in [-0.2, 0) is 6.42 Å². The Bertz CT molecular complexity index is 641. The lowest BCUT2D eigenvalue weighted by molar-refractivity contribution is -0.384. The lowest BCUT2D eigenvalue weighted by Crippen LogP contribution is -2.18. The van der Waals surface area contributed by atoms with Gasteiger partial charge in [-0.2, -0.15) is 4.98 Å². The number of aromatic nitrogens is 2. The number of nitro benzene ring substituents is 1. The van der Waals surface area contributed by atoms with Crippen molar-refractivity contribution in [1.29, 1.82) is 0 Å². The van der Waals surface area contributed by atoms with Crippen molar-refractivity contribution in [3.8, 4) is 0 Å². The lowest BCUT2D eigenvalue weighted by atomic mass is 10.1. The number of carbonyl (C=O) groups excluding carboxylic acids is 1. The van der Waals surface area contributed by atoms with Crippen LogP contribution in [0.2, 0.25) is 0 Å². The summed E-state index contributed by atoms with van der Waals surface area (Å²) < 4.78 is 4.59. The summed E-state index contributed by atoms with van der Waals surface area (Å²) in [6.07, 6.45) is 1.68. The van der Waals surface area contributed by atoms with Gasteiger partial charge in [0.2, 0.25) is 6.39 Å². The molecule has 0 spiro atoms. The quantitative estimate of drug-likeness (QED) is 0.600. The predicted molar refractivity (Wildman–Crippen MR) is 73.0 cm³/mol. The average Bonchev–Trinajstić information content (AvgIpc) is 2.99. The van der Waals surface area contributed by atoms with Gasteiger partial charge in [-0.05, 0) is 12.1 Å². The van der Waals surface area contributed by atoms with Crippen LogP contribution in [0.25, 0.3) is 0 Å². The van der Waals surface area contributed by atoms with Crippen molar-refractivity contribution in [2.45, 2.75) is 6.42 Å². The van der Waals surface area contributed by atoms with E-state index in [0.29, 0.717) is 24.5 Å². The Morgan fingerprint density at radius 1 is 1.48 bits per heavy atom. The molecule has 110 valence electrons. The first-order valence-electron chi connectivity index (χ1n) is 6.11. The molecule has 0 aliphatic heterocycles. The molecular formula is C12H13N5O4. The van der Waals surface area contributed by atoms with Crippen molar-refractivity contribution >= 4 is 17.3 Å². The van der Waals surface area contributed by atoms with E-state index < -0.39 is 4.92 Å². The molecule has 0 radical (unpaired) electrons. The number of amides is 1. The van der Waals surface area contributed by atoms with Crippen LogP contribution in [-0.4, -0.2) is 34.6 Å². The molecule has 0 fully saturated rings. The number of carbonyl (C=O) groups is 1. The number of nitrogens with one attached hydrogen (secondary N) is 2. The summed E-state index contributed by atoms with van der Waals surface area (Å²) in [5.41, 5.74) is 0.397. The normalized spacial score (nSPS) is 10.1. The molecule has 0 aliphatic rings. The summed E-state index contributed by atoms with van der Waals surface area (Å²) in [4.78, 5) is 25.9. The van der Waals surface area contributed by atoms with Gasteiger partial charge in [0, 0.05) is 31.6 Å². The third kappa shape index (κ3) is 3.53. The molecule has 2 N–H and O–H groups in total. The largest absolute Gasteiger partial charge is 0.379 e. The Morgan fingerprint density at radius 3 is 2.90 bits per heavy atom. The van der Waals surface area contributed by atoms with E-state index in [1.165, 1.54) is 31.6 Å². The Morgan fingerprint density at radius 2 is 2.29 bits per heavy atom. The van der Waals surface area contributed by atoms with Crippen molar-refractivity contribution in [2.24, 2.45) is 0 Å². The summed E-state index contributed by atoms with van der Waals surface area (Å²) in [5, 5.41) is 20.1. The van der Waals surface area contributed by atoms with Crippen LogP contribution in [0.3, 0.4) is 0 Å². The summed E-state index contributed by atoms with van der Waals surface area (Å²) >= 11 is 0. The fraction of sp³-hybridized carbons (Fsp3) is 0.250. The Kier molecular flexibility index (Phi) is 4.44. The molecule has 2 rings (SSSR count). The van der Waals surface area contributed by atoms with Crippen LogP contribution in [0, 0.1) is 10.1 Å². The van der Waals surface area contributed by atoms with Crippen molar-refractivity contribution in [3.63, 3.8) is 0 Å². The van der Waals surface area contributed by atoms with Gasteiger partial charge in [-0.1, -0.05) is 5.16 Å². The Labute approximate surface area is 119 Å². The zero-order valence-electron chi connectivity index (χ0n) is 11.2. The van der Waals surface area contributed by atoms with Gasteiger partial charge in [-0.25, -0.2) is 0 Å². The van der Waals surface area contributed by atoms with Gasteiger partial charge in [-0.3, -0.25) is 14.9 Å². The van der Waals surface area contributed by atoms with E-state index in [2.05, 4.69) is 25.3 Å². The number of hydrogen-bond acceptors (Lipinski definition) is 7. The van der Waals surface area contributed by atoms with Gasteiger partial charge >= 0.3 is 0 Å². The third-order valence-electron chi connectivity index (χ3n) is 2.75. The van der Waals surface area contributed by atoms with Gasteiger partial charge in [0.05, 0.1) is 4.92 Å². The van der Waals surface area contributed by atoms with Crippen molar-refractivity contribution in [2.75, 3.05) is 18.9 Å². The van der Waals surface area contributed by atoms with E-state index in [1.807, 2.05) is 0 Å². The second-order valence-electron chi connectivity index (χ2n) is 4.09. The van der Waals surface area contributed by atoms with Crippen LogP contribution >= 0.6 is 0 Å². The van der Waals surface area contributed by atoms with E-state index in [9.17, 15) is 14.9 Å². The standard InChI is InChI=1S/C12H13N5O4/c1-13-12(18)8-2-3-9(10(6-8)17(19)20)14-5-4-11-15-7-21-16-11/h2-3,6-7,14H,4-5H2,1H3,(H,13,18). The fourth-order valence-corrected chi connectivity index (χ4v) is 1.73. The highest BCUT2D eigenvalue weighted by molar-refractivity contribution is 5.95. The topological polar surface area (TPSA) is 123 Å². The molecule has 1 heterocycles. The second-order valence-corrected chi connectivity index (χ2v) is 4.09. The minimum absolute atomic E-state index is 0.163. The number of rotatable bonds is 6. The van der Waals surface area contributed by atoms with Gasteiger partial charge in [0.25, 0.3) is 11.6 Å². The minimum Gasteiger partial charge on any atom is -0.379 e. The Balaban J connectivity index is 2.11. The molecule has 0 saturated carbocycles. The van der Waals surface area contributed by atoms with E-state index in [0.717, 1.165) is 0 Å². The number of hydrogen-bond donors (Lipinski definition) is 2. The molecular weight excluding hydrogens is 278 g/mol.